The first kappa shape index (κ1) is 17.5. The lowest BCUT2D eigenvalue weighted by Gasteiger charge is -2.29. The summed E-state index contributed by atoms with van der Waals surface area (Å²) in [6.07, 6.45) is 2.01. The van der Waals surface area contributed by atoms with Gasteiger partial charge < -0.3 is 10.2 Å². The van der Waals surface area contributed by atoms with Crippen molar-refractivity contribution < 1.29 is 10.2 Å². The molecule has 0 aromatic carbocycles. The fraction of sp³-hybridized carbons (Fsp3) is 0.875. The Bertz CT molecular complexity index is 246. The number of aliphatic hydroxyl groups excluding tert-OH is 2. The van der Waals surface area contributed by atoms with Crippen LogP contribution in [0.2, 0.25) is 0 Å². The highest BCUT2D eigenvalue weighted by Gasteiger charge is 2.26. The minimum Gasteiger partial charge on any atom is -0.512 e. The maximum atomic E-state index is 10.3. The van der Waals surface area contributed by atoms with E-state index in [2.05, 4.69) is 48.5 Å². The van der Waals surface area contributed by atoms with Crippen LogP contribution in [0.5, 0.6) is 0 Å². The summed E-state index contributed by atoms with van der Waals surface area (Å²) < 4.78 is 0. The minimum atomic E-state index is -0.558. The highest BCUT2D eigenvalue weighted by molar-refractivity contribution is 5.03. The quantitative estimate of drug-likeness (QED) is 0.663. The standard InChI is InChI=1S/C16H32O2/c1-8-13(10(2)3)14(17)9-15(18)16(11(4)5)12(6)7/h9-13,15-18H,8H2,1-7H3. The highest BCUT2D eigenvalue weighted by atomic mass is 16.3. The van der Waals surface area contributed by atoms with E-state index in [0.717, 1.165) is 6.42 Å². The summed E-state index contributed by atoms with van der Waals surface area (Å²) >= 11 is 0. The first-order valence-corrected chi connectivity index (χ1v) is 7.31. The Hall–Kier alpha value is -0.500. The van der Waals surface area contributed by atoms with Crippen LogP contribution in [0.1, 0.15) is 54.9 Å². The Labute approximate surface area is 113 Å². The molecule has 0 aliphatic heterocycles. The van der Waals surface area contributed by atoms with Crippen LogP contribution in [0.25, 0.3) is 0 Å². The Morgan fingerprint density at radius 1 is 0.944 bits per heavy atom. The number of allylic oxidation sites excluding steroid dienone is 1. The summed E-state index contributed by atoms with van der Waals surface area (Å²) in [7, 11) is 0. The number of rotatable bonds is 7. The molecule has 0 saturated heterocycles. The molecule has 0 aromatic heterocycles. The molecule has 2 unspecified atom stereocenters. The van der Waals surface area contributed by atoms with Gasteiger partial charge in [0.2, 0.25) is 0 Å². The third-order valence-corrected chi connectivity index (χ3v) is 3.90. The van der Waals surface area contributed by atoms with Gasteiger partial charge in [0.05, 0.1) is 11.9 Å². The molecule has 2 N–H and O–H groups in total. The average molecular weight is 256 g/mol. The molecule has 0 radical (unpaired) electrons. The van der Waals surface area contributed by atoms with Crippen molar-refractivity contribution in [2.24, 2.45) is 29.6 Å². The zero-order valence-corrected chi connectivity index (χ0v) is 13.1. The van der Waals surface area contributed by atoms with Crippen molar-refractivity contribution in [3.05, 3.63) is 11.8 Å². The third-order valence-electron chi connectivity index (χ3n) is 3.90. The lowest BCUT2D eigenvalue weighted by atomic mass is 9.80. The van der Waals surface area contributed by atoms with Crippen LogP contribution in [0.3, 0.4) is 0 Å². The molecule has 0 aliphatic carbocycles. The topological polar surface area (TPSA) is 40.5 Å². The molecule has 18 heavy (non-hydrogen) atoms. The van der Waals surface area contributed by atoms with Crippen molar-refractivity contribution in [1.82, 2.24) is 0 Å². The molecule has 0 rings (SSSR count). The van der Waals surface area contributed by atoms with E-state index in [0.29, 0.717) is 23.5 Å². The summed E-state index contributed by atoms with van der Waals surface area (Å²) in [5.74, 6) is 1.91. The SMILES string of the molecule is CCC(C(O)=CC(O)C(C(C)C)C(C)C)C(C)C. The van der Waals surface area contributed by atoms with E-state index in [1.54, 1.807) is 6.08 Å². The maximum absolute atomic E-state index is 10.3. The molecule has 0 fully saturated rings. The zero-order valence-electron chi connectivity index (χ0n) is 13.1. The van der Waals surface area contributed by atoms with Crippen molar-refractivity contribution in [3.8, 4) is 0 Å². The smallest absolute Gasteiger partial charge is 0.0941 e. The Kier molecular flexibility index (Phi) is 7.61. The van der Waals surface area contributed by atoms with Gasteiger partial charge in [-0.1, -0.05) is 48.5 Å². The van der Waals surface area contributed by atoms with Gasteiger partial charge in [0.1, 0.15) is 0 Å². The zero-order chi connectivity index (χ0) is 14.5. The van der Waals surface area contributed by atoms with E-state index in [9.17, 15) is 10.2 Å². The van der Waals surface area contributed by atoms with Crippen molar-refractivity contribution in [1.29, 1.82) is 0 Å². The van der Waals surface area contributed by atoms with Crippen molar-refractivity contribution >= 4 is 0 Å². The van der Waals surface area contributed by atoms with Gasteiger partial charge >= 0.3 is 0 Å². The van der Waals surface area contributed by atoms with Crippen LogP contribution in [0, 0.1) is 29.6 Å². The Balaban J connectivity index is 4.92. The molecule has 2 nitrogen and oxygen atoms in total. The van der Waals surface area contributed by atoms with Crippen LogP contribution in [-0.2, 0) is 0 Å². The minimum absolute atomic E-state index is 0.152. The fourth-order valence-corrected chi connectivity index (χ4v) is 2.99. The second-order valence-electron chi connectivity index (χ2n) is 6.41. The Morgan fingerprint density at radius 2 is 1.39 bits per heavy atom. The normalized spacial score (nSPS) is 17.0. The molecule has 108 valence electrons. The molecule has 0 aromatic rings. The second-order valence-corrected chi connectivity index (χ2v) is 6.41. The second kappa shape index (κ2) is 7.83. The fourth-order valence-electron chi connectivity index (χ4n) is 2.99. The van der Waals surface area contributed by atoms with Gasteiger partial charge in [-0.25, -0.2) is 0 Å². The largest absolute Gasteiger partial charge is 0.512 e. The molecular weight excluding hydrogens is 224 g/mol. The van der Waals surface area contributed by atoms with Crippen molar-refractivity contribution in [2.45, 2.75) is 61.0 Å². The monoisotopic (exact) mass is 256 g/mol. The van der Waals surface area contributed by atoms with Crippen molar-refractivity contribution in [3.63, 3.8) is 0 Å². The average Bonchev–Trinajstić information content (AvgIpc) is 2.15. The van der Waals surface area contributed by atoms with E-state index in [1.165, 1.54) is 0 Å². The van der Waals surface area contributed by atoms with Gasteiger partial charge in [-0.15, -0.1) is 0 Å². The lowest BCUT2D eigenvalue weighted by molar-refractivity contribution is 0.0851. The highest BCUT2D eigenvalue weighted by Crippen LogP contribution is 2.28. The number of hydrogen-bond donors (Lipinski definition) is 2. The van der Waals surface area contributed by atoms with Crippen LogP contribution < -0.4 is 0 Å². The van der Waals surface area contributed by atoms with Gasteiger partial charge in [-0.2, -0.15) is 0 Å². The Morgan fingerprint density at radius 3 is 1.67 bits per heavy atom. The van der Waals surface area contributed by atoms with Crippen LogP contribution in [0.4, 0.5) is 0 Å². The van der Waals surface area contributed by atoms with E-state index < -0.39 is 6.10 Å². The van der Waals surface area contributed by atoms with Gasteiger partial charge in [-0.05, 0) is 36.2 Å². The molecule has 0 aliphatic rings. The molecule has 2 heteroatoms. The van der Waals surface area contributed by atoms with E-state index in [1.807, 2.05) is 0 Å². The molecule has 0 saturated carbocycles. The maximum Gasteiger partial charge on any atom is 0.0941 e. The van der Waals surface area contributed by atoms with Crippen molar-refractivity contribution in [2.75, 3.05) is 0 Å². The van der Waals surface area contributed by atoms with E-state index >= 15 is 0 Å². The first-order valence-electron chi connectivity index (χ1n) is 7.31. The molecule has 0 spiro atoms. The first-order chi connectivity index (χ1) is 8.22. The predicted octanol–water partition coefficient (Wildman–Crippen LogP) is 4.40. The van der Waals surface area contributed by atoms with E-state index in [-0.39, 0.29) is 11.8 Å². The summed E-state index contributed by atoms with van der Waals surface area (Å²) in [6.45, 7) is 14.8. The van der Waals surface area contributed by atoms with Crippen LogP contribution >= 0.6 is 0 Å². The summed E-state index contributed by atoms with van der Waals surface area (Å²) in [5, 5.41) is 20.5. The summed E-state index contributed by atoms with van der Waals surface area (Å²) in [6, 6.07) is 0. The molecule has 2 atom stereocenters. The third kappa shape index (κ3) is 5.01. The molecule has 0 bridgehead atoms. The predicted molar refractivity (Wildman–Crippen MR) is 78.5 cm³/mol. The van der Waals surface area contributed by atoms with Gasteiger partial charge in [0.25, 0.3) is 0 Å². The number of hydrogen-bond acceptors (Lipinski definition) is 2. The number of aliphatic hydroxyl groups is 2. The molecule has 0 heterocycles. The van der Waals surface area contributed by atoms with Gasteiger partial charge in [0, 0.05) is 5.92 Å². The van der Waals surface area contributed by atoms with Crippen LogP contribution in [-0.4, -0.2) is 16.3 Å². The molecule has 0 amide bonds. The lowest BCUT2D eigenvalue weighted by Crippen LogP contribution is -2.29. The van der Waals surface area contributed by atoms with E-state index in [4.69, 9.17) is 0 Å². The summed E-state index contributed by atoms with van der Waals surface area (Å²) in [5.41, 5.74) is 0. The van der Waals surface area contributed by atoms with Gasteiger partial charge in [0.15, 0.2) is 0 Å². The summed E-state index contributed by atoms with van der Waals surface area (Å²) in [4.78, 5) is 0. The van der Waals surface area contributed by atoms with Gasteiger partial charge in [-0.3, -0.25) is 0 Å². The molecular formula is C16H32O2. The van der Waals surface area contributed by atoms with Crippen LogP contribution in [0.15, 0.2) is 11.8 Å².